The van der Waals surface area contributed by atoms with Gasteiger partial charge in [0.25, 0.3) is 15.5 Å². The van der Waals surface area contributed by atoms with Crippen molar-refractivity contribution < 1.29 is 19.4 Å². The Morgan fingerprint density at radius 2 is 2.33 bits per heavy atom. The SMILES string of the molecule is C=CC(=O)[SiH](CCC)OC(O)O. The number of hydrogen-bond donors (Lipinski definition) is 2. The Labute approximate surface area is 73.2 Å². The molecule has 2 N–H and O–H groups in total. The van der Waals surface area contributed by atoms with Crippen molar-refractivity contribution in [2.75, 3.05) is 0 Å². The maximum absolute atomic E-state index is 11.0. The number of hydrogen-bond acceptors (Lipinski definition) is 4. The molecule has 5 heteroatoms. The number of aliphatic hydroxyl groups is 2. The van der Waals surface area contributed by atoms with Crippen LogP contribution in [-0.4, -0.2) is 31.1 Å². The predicted octanol–water partition coefficient (Wildman–Crippen LogP) is -0.301. The van der Waals surface area contributed by atoms with Gasteiger partial charge >= 0.3 is 0 Å². The van der Waals surface area contributed by atoms with Crippen molar-refractivity contribution in [1.29, 1.82) is 0 Å². The van der Waals surface area contributed by atoms with Crippen LogP contribution in [0.1, 0.15) is 13.3 Å². The van der Waals surface area contributed by atoms with E-state index in [2.05, 4.69) is 11.0 Å². The second-order valence-corrected chi connectivity index (χ2v) is 4.74. The van der Waals surface area contributed by atoms with Crippen LogP contribution in [0.5, 0.6) is 0 Å². The Kier molecular flexibility index (Phi) is 5.82. The minimum Gasteiger partial charge on any atom is -0.366 e. The summed E-state index contributed by atoms with van der Waals surface area (Å²) in [6, 6.07) is 0.600. The van der Waals surface area contributed by atoms with Crippen molar-refractivity contribution in [2.24, 2.45) is 0 Å². The molecule has 0 aliphatic rings. The van der Waals surface area contributed by atoms with Crippen molar-refractivity contribution in [3.05, 3.63) is 12.7 Å². The van der Waals surface area contributed by atoms with E-state index in [1.165, 1.54) is 6.08 Å². The van der Waals surface area contributed by atoms with E-state index in [1.54, 1.807) is 0 Å². The Morgan fingerprint density at radius 3 is 2.67 bits per heavy atom. The van der Waals surface area contributed by atoms with Gasteiger partial charge in [-0.05, 0) is 12.1 Å². The number of allylic oxidation sites excluding steroid dienone is 1. The van der Waals surface area contributed by atoms with Gasteiger partial charge in [0, 0.05) is 0 Å². The van der Waals surface area contributed by atoms with Crippen molar-refractivity contribution in [2.45, 2.75) is 25.9 Å². The summed E-state index contributed by atoms with van der Waals surface area (Å²) in [5.41, 5.74) is 0. The first-order chi connectivity index (χ1) is 5.61. The Hall–Kier alpha value is -0.493. The lowest BCUT2D eigenvalue weighted by Gasteiger charge is -2.13. The largest absolute Gasteiger partial charge is 0.366 e. The second-order valence-electron chi connectivity index (χ2n) is 2.35. The molecule has 12 heavy (non-hydrogen) atoms. The first-order valence-corrected chi connectivity index (χ1v) is 5.66. The standard InChI is InChI=1S/C7H14O4Si/c1-3-5-12(6(8)4-2)11-7(9)10/h4,7,9-10,12H,2-3,5H2,1H3. The zero-order valence-corrected chi connectivity index (χ0v) is 8.22. The zero-order valence-electron chi connectivity index (χ0n) is 7.06. The van der Waals surface area contributed by atoms with E-state index < -0.39 is 15.5 Å². The summed E-state index contributed by atoms with van der Waals surface area (Å²) in [4.78, 5) is 11.0. The van der Waals surface area contributed by atoms with Crippen LogP contribution in [0, 0.1) is 0 Å². The highest BCUT2D eigenvalue weighted by Gasteiger charge is 2.20. The maximum Gasteiger partial charge on any atom is 0.261 e. The second kappa shape index (κ2) is 6.07. The number of carbonyl (C=O) groups excluding carboxylic acids is 1. The molecule has 0 amide bonds. The smallest absolute Gasteiger partial charge is 0.261 e. The fourth-order valence-corrected chi connectivity index (χ4v) is 2.45. The quantitative estimate of drug-likeness (QED) is 0.343. The summed E-state index contributed by atoms with van der Waals surface area (Å²) < 4.78 is 4.67. The van der Waals surface area contributed by atoms with Gasteiger partial charge in [0.2, 0.25) is 0 Å². The highest BCUT2D eigenvalue weighted by atomic mass is 28.3. The monoisotopic (exact) mass is 190 g/mol. The maximum atomic E-state index is 11.0. The molecule has 4 nitrogen and oxygen atoms in total. The molecule has 0 saturated carbocycles. The summed E-state index contributed by atoms with van der Waals surface area (Å²) in [6.45, 7) is 3.38. The molecule has 0 heterocycles. The first-order valence-electron chi connectivity index (χ1n) is 3.79. The van der Waals surface area contributed by atoms with Crippen LogP contribution in [-0.2, 0) is 9.22 Å². The van der Waals surface area contributed by atoms with Gasteiger partial charge in [0.05, 0.1) is 0 Å². The van der Waals surface area contributed by atoms with Crippen LogP contribution in [0.2, 0.25) is 6.04 Å². The summed E-state index contributed by atoms with van der Waals surface area (Å²) in [6.07, 6.45) is 1.97. The fourth-order valence-electron chi connectivity index (χ4n) is 0.818. The molecule has 0 aromatic heterocycles. The number of aliphatic hydroxyl groups excluding tert-OH is 1. The van der Waals surface area contributed by atoms with Crippen LogP contribution < -0.4 is 0 Å². The lowest BCUT2D eigenvalue weighted by Crippen LogP contribution is -2.32. The minimum atomic E-state index is -2.14. The number of carbonyl (C=O) groups is 1. The third-order valence-electron chi connectivity index (χ3n) is 1.36. The molecule has 0 bridgehead atoms. The predicted molar refractivity (Wildman–Crippen MR) is 46.8 cm³/mol. The molecule has 0 spiro atoms. The molecule has 1 unspecified atom stereocenters. The Morgan fingerprint density at radius 1 is 1.75 bits per heavy atom. The van der Waals surface area contributed by atoms with E-state index >= 15 is 0 Å². The van der Waals surface area contributed by atoms with Crippen LogP contribution in [0.3, 0.4) is 0 Å². The molecule has 0 saturated heterocycles. The van der Waals surface area contributed by atoms with Gasteiger partial charge in [0.15, 0.2) is 5.41 Å². The molecular weight excluding hydrogens is 176 g/mol. The molecule has 0 aliphatic carbocycles. The van der Waals surface area contributed by atoms with E-state index in [4.69, 9.17) is 10.2 Å². The van der Waals surface area contributed by atoms with Gasteiger partial charge in [-0.25, -0.2) is 0 Å². The van der Waals surface area contributed by atoms with Crippen LogP contribution in [0.15, 0.2) is 12.7 Å². The van der Waals surface area contributed by atoms with Crippen LogP contribution >= 0.6 is 0 Å². The molecule has 0 aromatic carbocycles. The highest BCUT2D eigenvalue weighted by Crippen LogP contribution is 2.02. The number of rotatable bonds is 6. The first kappa shape index (κ1) is 11.5. The van der Waals surface area contributed by atoms with Crippen molar-refractivity contribution in [1.82, 2.24) is 0 Å². The van der Waals surface area contributed by atoms with Crippen molar-refractivity contribution >= 4 is 14.4 Å². The summed E-state index contributed by atoms with van der Waals surface area (Å²) in [7, 11) is -2.14. The van der Waals surface area contributed by atoms with Gasteiger partial charge in [-0.2, -0.15) is 0 Å². The van der Waals surface area contributed by atoms with E-state index in [1.807, 2.05) is 6.92 Å². The zero-order chi connectivity index (χ0) is 9.56. The van der Waals surface area contributed by atoms with Crippen molar-refractivity contribution in [3.63, 3.8) is 0 Å². The van der Waals surface area contributed by atoms with Crippen LogP contribution in [0.4, 0.5) is 0 Å². The van der Waals surface area contributed by atoms with E-state index in [0.29, 0.717) is 6.04 Å². The molecule has 0 rings (SSSR count). The van der Waals surface area contributed by atoms with Crippen molar-refractivity contribution in [3.8, 4) is 0 Å². The highest BCUT2D eigenvalue weighted by molar-refractivity contribution is 6.87. The molecule has 1 atom stereocenters. The molecular formula is C7H14O4Si. The molecule has 0 aromatic rings. The van der Waals surface area contributed by atoms with E-state index in [-0.39, 0.29) is 5.41 Å². The Balaban J connectivity index is 4.02. The lowest BCUT2D eigenvalue weighted by atomic mass is 10.6. The normalized spacial score (nSPS) is 13.0. The van der Waals surface area contributed by atoms with Crippen LogP contribution in [0.25, 0.3) is 0 Å². The summed E-state index contributed by atoms with van der Waals surface area (Å²) in [5.74, 6) is 0. The van der Waals surface area contributed by atoms with Gasteiger partial charge in [-0.15, -0.1) is 0 Å². The average Bonchev–Trinajstić information content (AvgIpc) is 2.01. The molecule has 70 valence electrons. The van der Waals surface area contributed by atoms with E-state index in [0.717, 1.165) is 6.42 Å². The minimum absolute atomic E-state index is 0.190. The third kappa shape index (κ3) is 4.40. The average molecular weight is 190 g/mol. The molecule has 0 radical (unpaired) electrons. The van der Waals surface area contributed by atoms with Gasteiger partial charge in [-0.1, -0.05) is 19.9 Å². The third-order valence-corrected chi connectivity index (χ3v) is 3.90. The molecule has 0 fully saturated rings. The van der Waals surface area contributed by atoms with Gasteiger partial charge < -0.3 is 14.6 Å². The summed E-state index contributed by atoms with van der Waals surface area (Å²) in [5, 5.41) is 16.8. The fraction of sp³-hybridized carbons (Fsp3) is 0.571. The molecule has 0 aliphatic heterocycles. The van der Waals surface area contributed by atoms with E-state index in [9.17, 15) is 4.79 Å². The lowest BCUT2D eigenvalue weighted by molar-refractivity contribution is -0.183. The Bertz CT molecular complexity index is 157. The summed E-state index contributed by atoms with van der Waals surface area (Å²) >= 11 is 0. The van der Waals surface area contributed by atoms with Gasteiger partial charge in [0.1, 0.15) is 0 Å². The topological polar surface area (TPSA) is 66.8 Å². The van der Waals surface area contributed by atoms with Gasteiger partial charge in [-0.3, -0.25) is 4.79 Å².